The van der Waals surface area contributed by atoms with E-state index in [2.05, 4.69) is 15.4 Å². The van der Waals surface area contributed by atoms with Gasteiger partial charge in [-0.1, -0.05) is 41.9 Å². The third kappa shape index (κ3) is 8.89. The molecule has 0 saturated carbocycles. The van der Waals surface area contributed by atoms with Crippen molar-refractivity contribution in [2.24, 2.45) is 5.73 Å². The van der Waals surface area contributed by atoms with Crippen LogP contribution in [0.3, 0.4) is 0 Å². The van der Waals surface area contributed by atoms with Gasteiger partial charge in [-0.2, -0.15) is 5.10 Å². The number of rotatable bonds is 8. The lowest BCUT2D eigenvalue weighted by molar-refractivity contribution is 0.00690. The fraction of sp³-hybridized carbons (Fsp3) is 0.263. The van der Waals surface area contributed by atoms with Crippen LogP contribution in [0.25, 0.3) is 5.65 Å². The Morgan fingerprint density at radius 2 is 1.76 bits per heavy atom. The quantitative estimate of drug-likeness (QED) is 0.132. The van der Waals surface area contributed by atoms with Gasteiger partial charge in [-0.15, -0.1) is 0 Å². The van der Waals surface area contributed by atoms with Crippen molar-refractivity contribution in [2.45, 2.75) is 65.1 Å². The van der Waals surface area contributed by atoms with E-state index in [4.69, 9.17) is 22.1 Å². The Balaban J connectivity index is 0.000000248. The standard InChI is InChI=1S/C24H17ClF2N4O3.C14H19NO2/c1-13(32)21-10-20(24(34)28-11-14-6-7-18(26)19(27)8-14)30-23-16(12-29-31(21)23)22(33)9-15-4-2-3-5-17(15)25;1-14(2,3)17-13(16)10-4-6-11-9(8-10)5-7-12(11)15/h2-8,10,12H,9,11H2,1H3,(H,28,34);4,6,8,12H,5,7,15H2,1-3H3/t;12-/m.0/s1. The molecule has 3 aromatic carbocycles. The van der Waals surface area contributed by atoms with E-state index in [1.807, 2.05) is 32.9 Å². The molecule has 0 aliphatic heterocycles. The van der Waals surface area contributed by atoms with Crippen LogP contribution in [0.15, 0.2) is 72.9 Å². The third-order valence-corrected chi connectivity index (χ3v) is 8.38. The van der Waals surface area contributed by atoms with Crippen molar-refractivity contribution in [1.29, 1.82) is 0 Å². The number of nitrogens with one attached hydrogen (secondary N) is 1. The maximum Gasteiger partial charge on any atom is 0.338 e. The average molecular weight is 716 g/mol. The van der Waals surface area contributed by atoms with E-state index in [1.165, 1.54) is 35.3 Å². The monoisotopic (exact) mass is 715 g/mol. The highest BCUT2D eigenvalue weighted by atomic mass is 35.5. The number of amides is 1. The molecular weight excluding hydrogens is 680 g/mol. The number of aryl methyl sites for hydroxylation is 1. The van der Waals surface area contributed by atoms with Gasteiger partial charge in [0.25, 0.3) is 5.91 Å². The van der Waals surface area contributed by atoms with Crippen LogP contribution in [-0.2, 0) is 24.1 Å². The molecular formula is C38H36ClF2N5O5. The lowest BCUT2D eigenvalue weighted by atomic mass is 10.0. The van der Waals surface area contributed by atoms with Crippen LogP contribution in [0.1, 0.15) is 104 Å². The van der Waals surface area contributed by atoms with Crippen molar-refractivity contribution in [2.75, 3.05) is 0 Å². The molecule has 1 aliphatic carbocycles. The van der Waals surface area contributed by atoms with Gasteiger partial charge < -0.3 is 15.8 Å². The molecule has 0 saturated heterocycles. The molecule has 51 heavy (non-hydrogen) atoms. The summed E-state index contributed by atoms with van der Waals surface area (Å²) in [6.45, 7) is 6.80. The molecule has 0 spiro atoms. The summed E-state index contributed by atoms with van der Waals surface area (Å²) in [6.07, 6.45) is 3.18. The van der Waals surface area contributed by atoms with E-state index < -0.39 is 28.9 Å². The number of nitrogens with two attached hydrogens (primary N) is 1. The maximum absolute atomic E-state index is 13.4. The first-order valence-electron chi connectivity index (χ1n) is 16.1. The summed E-state index contributed by atoms with van der Waals surface area (Å²) < 4.78 is 33.1. The fourth-order valence-electron chi connectivity index (χ4n) is 5.47. The zero-order chi connectivity index (χ0) is 37.0. The van der Waals surface area contributed by atoms with Crippen molar-refractivity contribution in [3.8, 4) is 0 Å². The average Bonchev–Trinajstić information content (AvgIpc) is 3.68. The van der Waals surface area contributed by atoms with Crippen LogP contribution < -0.4 is 11.1 Å². The van der Waals surface area contributed by atoms with E-state index in [-0.39, 0.29) is 53.4 Å². The number of fused-ring (bicyclic) bond motifs is 2. The first kappa shape index (κ1) is 36.9. The molecule has 0 radical (unpaired) electrons. The highest BCUT2D eigenvalue weighted by Gasteiger charge is 2.24. The van der Waals surface area contributed by atoms with Crippen LogP contribution >= 0.6 is 11.6 Å². The third-order valence-electron chi connectivity index (χ3n) is 8.01. The summed E-state index contributed by atoms with van der Waals surface area (Å²) in [7, 11) is 0. The number of hydrogen-bond donors (Lipinski definition) is 2. The van der Waals surface area contributed by atoms with Crippen LogP contribution in [0, 0.1) is 11.6 Å². The number of aromatic nitrogens is 3. The lowest BCUT2D eigenvalue weighted by Crippen LogP contribution is -2.25. The minimum atomic E-state index is -1.04. The Hall–Kier alpha value is -5.33. The number of ether oxygens (including phenoxy) is 1. The van der Waals surface area contributed by atoms with Gasteiger partial charge in [0.2, 0.25) is 0 Å². The molecule has 5 aromatic rings. The molecule has 6 rings (SSSR count). The second-order valence-electron chi connectivity index (χ2n) is 13.1. The number of carbonyl (C=O) groups is 4. The lowest BCUT2D eigenvalue weighted by Gasteiger charge is -2.19. The van der Waals surface area contributed by atoms with Gasteiger partial charge in [0.1, 0.15) is 17.0 Å². The predicted octanol–water partition coefficient (Wildman–Crippen LogP) is 6.81. The van der Waals surface area contributed by atoms with E-state index in [1.54, 1.807) is 30.3 Å². The predicted molar refractivity (Wildman–Crippen MR) is 187 cm³/mol. The van der Waals surface area contributed by atoms with Crippen molar-refractivity contribution in [3.05, 3.63) is 134 Å². The van der Waals surface area contributed by atoms with Gasteiger partial charge in [-0.3, -0.25) is 14.4 Å². The second-order valence-corrected chi connectivity index (χ2v) is 13.5. The van der Waals surface area contributed by atoms with Crippen LogP contribution in [0.4, 0.5) is 8.78 Å². The van der Waals surface area contributed by atoms with E-state index >= 15 is 0 Å². The SMILES string of the molecule is CC(=O)c1cc(C(=O)NCc2ccc(F)c(F)c2)nc2c(C(=O)Cc3ccccc3Cl)cnn12.CC(C)(C)OC(=O)c1ccc2c(c1)CC[C@@H]2N. The molecule has 2 aromatic heterocycles. The number of ketones is 2. The van der Waals surface area contributed by atoms with E-state index in [0.717, 1.165) is 30.5 Å². The summed E-state index contributed by atoms with van der Waals surface area (Å²) in [5.41, 5.74) is 9.51. The van der Waals surface area contributed by atoms with Crippen LogP contribution in [0.2, 0.25) is 5.02 Å². The number of nitrogens with zero attached hydrogens (tertiary/aromatic N) is 3. The Morgan fingerprint density at radius 3 is 2.45 bits per heavy atom. The topological polar surface area (TPSA) is 146 Å². The summed E-state index contributed by atoms with van der Waals surface area (Å²) >= 11 is 6.15. The van der Waals surface area contributed by atoms with Gasteiger partial charge in [0, 0.05) is 31.0 Å². The molecule has 10 nitrogen and oxygen atoms in total. The normalized spacial score (nSPS) is 13.6. The van der Waals surface area contributed by atoms with Gasteiger partial charge >= 0.3 is 5.97 Å². The van der Waals surface area contributed by atoms with Gasteiger partial charge in [-0.05, 0) is 92.3 Å². The molecule has 1 amide bonds. The van der Waals surface area contributed by atoms with E-state index in [0.29, 0.717) is 21.7 Å². The van der Waals surface area contributed by atoms with Crippen molar-refractivity contribution in [1.82, 2.24) is 19.9 Å². The molecule has 0 bridgehead atoms. The first-order chi connectivity index (χ1) is 24.1. The van der Waals surface area contributed by atoms with Crippen LogP contribution in [-0.4, -0.2) is 43.6 Å². The highest BCUT2D eigenvalue weighted by Crippen LogP contribution is 2.30. The Labute approximate surface area is 298 Å². The van der Waals surface area contributed by atoms with Crippen molar-refractivity contribution in [3.63, 3.8) is 0 Å². The summed E-state index contributed by atoms with van der Waals surface area (Å²) in [5, 5.41) is 7.09. The number of carbonyl (C=O) groups excluding carboxylic acids is 4. The molecule has 1 aliphatic rings. The smallest absolute Gasteiger partial charge is 0.338 e. The van der Waals surface area contributed by atoms with Crippen LogP contribution in [0.5, 0.6) is 0 Å². The molecule has 13 heteroatoms. The highest BCUT2D eigenvalue weighted by molar-refractivity contribution is 6.31. The number of halogens is 3. The number of Topliss-reactive ketones (excluding diaryl/α,β-unsaturated/α-hetero) is 2. The minimum Gasteiger partial charge on any atom is -0.456 e. The fourth-order valence-corrected chi connectivity index (χ4v) is 5.68. The number of esters is 1. The van der Waals surface area contributed by atoms with E-state index in [9.17, 15) is 28.0 Å². The summed E-state index contributed by atoms with van der Waals surface area (Å²) in [6, 6.07) is 17.2. The largest absolute Gasteiger partial charge is 0.456 e. The zero-order valence-electron chi connectivity index (χ0n) is 28.4. The van der Waals surface area contributed by atoms with Gasteiger partial charge in [0.15, 0.2) is 28.8 Å². The molecule has 2 heterocycles. The molecule has 3 N–H and O–H groups in total. The Bertz CT molecular complexity index is 2160. The summed E-state index contributed by atoms with van der Waals surface area (Å²) in [5.74, 6) is -3.70. The molecule has 264 valence electrons. The molecule has 0 unspecified atom stereocenters. The first-order valence-corrected chi connectivity index (χ1v) is 16.5. The molecule has 0 fully saturated rings. The number of benzene rings is 3. The van der Waals surface area contributed by atoms with Gasteiger partial charge in [0.05, 0.1) is 17.3 Å². The Kier molecular flexibility index (Phi) is 11.1. The molecule has 1 atom stereocenters. The van der Waals surface area contributed by atoms with Crippen molar-refractivity contribution >= 4 is 40.7 Å². The maximum atomic E-state index is 13.4. The van der Waals surface area contributed by atoms with Gasteiger partial charge in [-0.25, -0.2) is 23.1 Å². The second kappa shape index (κ2) is 15.3. The summed E-state index contributed by atoms with van der Waals surface area (Å²) in [4.78, 5) is 54.1. The van der Waals surface area contributed by atoms with Crippen molar-refractivity contribution < 1.29 is 32.7 Å². The zero-order valence-corrected chi connectivity index (χ0v) is 29.2. The minimum absolute atomic E-state index is 0.0231. The number of hydrogen-bond acceptors (Lipinski definition) is 8. The Morgan fingerprint density at radius 1 is 1.02 bits per heavy atom.